The van der Waals surface area contributed by atoms with Crippen LogP contribution in [0.3, 0.4) is 0 Å². The summed E-state index contributed by atoms with van der Waals surface area (Å²) in [6, 6.07) is 3.74. The van der Waals surface area contributed by atoms with Gasteiger partial charge in [-0.15, -0.1) is 10.2 Å². The van der Waals surface area contributed by atoms with E-state index in [0.29, 0.717) is 10.1 Å². The van der Waals surface area contributed by atoms with E-state index in [1.807, 2.05) is 0 Å². The van der Waals surface area contributed by atoms with Crippen LogP contribution in [0.5, 0.6) is 0 Å². The Morgan fingerprint density at radius 3 is 2.40 bits per heavy atom. The first-order valence-corrected chi connectivity index (χ1v) is 4.99. The minimum Gasteiger partial charge on any atom is -0.374 e. The quantitative estimate of drug-likeness (QED) is 0.853. The van der Waals surface area contributed by atoms with Crippen LogP contribution in [0.15, 0.2) is 18.2 Å². The molecule has 0 saturated carbocycles. The van der Waals surface area contributed by atoms with Crippen LogP contribution in [-0.2, 0) is 6.42 Å². The predicted octanol–water partition coefficient (Wildman–Crippen LogP) is 1.99. The van der Waals surface area contributed by atoms with Gasteiger partial charge in [-0.05, 0) is 12.1 Å². The first-order chi connectivity index (χ1) is 7.16. The topological polar surface area (TPSA) is 51.8 Å². The maximum absolute atomic E-state index is 13.2. The van der Waals surface area contributed by atoms with E-state index in [1.54, 1.807) is 0 Å². The molecular formula is C9H7F2N3S. The number of nitrogen functional groups attached to an aromatic ring is 1. The summed E-state index contributed by atoms with van der Waals surface area (Å²) in [5.74, 6) is -1.16. The number of hydrogen-bond acceptors (Lipinski definition) is 4. The molecule has 1 heterocycles. The van der Waals surface area contributed by atoms with E-state index >= 15 is 0 Å². The van der Waals surface area contributed by atoms with Crippen molar-refractivity contribution < 1.29 is 8.78 Å². The molecule has 2 rings (SSSR count). The number of rotatable bonds is 2. The number of halogens is 2. The highest BCUT2D eigenvalue weighted by atomic mass is 32.1. The molecule has 1 aromatic carbocycles. The summed E-state index contributed by atoms with van der Waals surface area (Å²) < 4.78 is 26.5. The van der Waals surface area contributed by atoms with Gasteiger partial charge in [-0.25, -0.2) is 8.78 Å². The summed E-state index contributed by atoms with van der Waals surface area (Å²) in [5, 5.41) is 8.07. The summed E-state index contributed by atoms with van der Waals surface area (Å²) >= 11 is 1.12. The number of nitrogens with zero attached hydrogens (tertiary/aromatic N) is 2. The highest BCUT2D eigenvalue weighted by Gasteiger charge is 2.11. The summed E-state index contributed by atoms with van der Waals surface area (Å²) in [5.41, 5.74) is 5.36. The second-order valence-corrected chi connectivity index (χ2v) is 4.00. The van der Waals surface area contributed by atoms with Crippen molar-refractivity contribution >= 4 is 16.5 Å². The third-order valence-corrected chi connectivity index (χ3v) is 2.62. The third kappa shape index (κ3) is 2.10. The van der Waals surface area contributed by atoms with Gasteiger partial charge in [0, 0.05) is 12.0 Å². The van der Waals surface area contributed by atoms with Crippen LogP contribution < -0.4 is 5.73 Å². The van der Waals surface area contributed by atoms with Crippen LogP contribution in [0.2, 0.25) is 0 Å². The Labute approximate surface area is 88.6 Å². The van der Waals surface area contributed by atoms with Crippen molar-refractivity contribution in [2.24, 2.45) is 0 Å². The van der Waals surface area contributed by atoms with Crippen LogP contribution in [0, 0.1) is 11.6 Å². The van der Waals surface area contributed by atoms with Crippen LogP contribution in [-0.4, -0.2) is 10.2 Å². The molecule has 0 amide bonds. The Kier molecular flexibility index (Phi) is 2.59. The average molecular weight is 227 g/mol. The molecule has 0 unspecified atom stereocenters. The molecule has 78 valence electrons. The van der Waals surface area contributed by atoms with Crippen LogP contribution in [0.25, 0.3) is 0 Å². The van der Waals surface area contributed by atoms with E-state index in [9.17, 15) is 8.78 Å². The van der Waals surface area contributed by atoms with Crippen molar-refractivity contribution in [3.8, 4) is 0 Å². The molecule has 0 aliphatic rings. The highest BCUT2D eigenvalue weighted by Crippen LogP contribution is 2.19. The lowest BCUT2D eigenvalue weighted by Gasteiger charge is -2.00. The number of anilines is 1. The van der Waals surface area contributed by atoms with Crippen molar-refractivity contribution in [1.82, 2.24) is 10.2 Å². The highest BCUT2D eigenvalue weighted by molar-refractivity contribution is 7.15. The minimum absolute atomic E-state index is 0.00588. The molecule has 0 spiro atoms. The zero-order valence-corrected chi connectivity index (χ0v) is 8.39. The maximum Gasteiger partial charge on any atom is 0.203 e. The molecule has 0 aliphatic heterocycles. The van der Waals surface area contributed by atoms with Crippen molar-refractivity contribution in [2.45, 2.75) is 6.42 Å². The molecule has 0 saturated heterocycles. The summed E-state index contributed by atoms with van der Waals surface area (Å²) in [6.45, 7) is 0. The monoisotopic (exact) mass is 227 g/mol. The van der Waals surface area contributed by atoms with Gasteiger partial charge in [-0.1, -0.05) is 17.4 Å². The zero-order chi connectivity index (χ0) is 10.8. The fourth-order valence-electron chi connectivity index (χ4n) is 1.19. The normalized spacial score (nSPS) is 10.5. The van der Waals surface area contributed by atoms with E-state index in [2.05, 4.69) is 10.2 Å². The summed E-state index contributed by atoms with van der Waals surface area (Å²) in [6.07, 6.45) is 0.0768. The molecule has 0 aliphatic carbocycles. The lowest BCUT2D eigenvalue weighted by molar-refractivity contribution is 0.561. The van der Waals surface area contributed by atoms with Crippen molar-refractivity contribution in [3.63, 3.8) is 0 Å². The van der Waals surface area contributed by atoms with Gasteiger partial charge in [-0.3, -0.25) is 0 Å². The zero-order valence-electron chi connectivity index (χ0n) is 7.58. The van der Waals surface area contributed by atoms with Crippen molar-refractivity contribution in [3.05, 3.63) is 40.4 Å². The molecule has 0 fully saturated rings. The SMILES string of the molecule is Nc1nnc(Cc2c(F)cccc2F)s1. The van der Waals surface area contributed by atoms with Gasteiger partial charge >= 0.3 is 0 Å². The van der Waals surface area contributed by atoms with Crippen LogP contribution >= 0.6 is 11.3 Å². The fourth-order valence-corrected chi connectivity index (χ4v) is 1.81. The van der Waals surface area contributed by atoms with Crippen LogP contribution in [0.4, 0.5) is 13.9 Å². The fraction of sp³-hybridized carbons (Fsp3) is 0.111. The van der Waals surface area contributed by atoms with E-state index < -0.39 is 11.6 Å². The Balaban J connectivity index is 2.31. The molecule has 6 heteroatoms. The van der Waals surface area contributed by atoms with E-state index in [1.165, 1.54) is 18.2 Å². The molecule has 2 aromatic rings. The molecule has 2 N–H and O–H groups in total. The second-order valence-electron chi connectivity index (χ2n) is 2.91. The molecule has 3 nitrogen and oxygen atoms in total. The lowest BCUT2D eigenvalue weighted by atomic mass is 10.1. The van der Waals surface area contributed by atoms with Gasteiger partial charge in [0.1, 0.15) is 16.6 Å². The van der Waals surface area contributed by atoms with Crippen molar-refractivity contribution in [1.29, 1.82) is 0 Å². The summed E-state index contributed by atoms with van der Waals surface area (Å²) in [4.78, 5) is 0. The van der Waals surface area contributed by atoms with Gasteiger partial charge in [0.25, 0.3) is 0 Å². The first-order valence-electron chi connectivity index (χ1n) is 4.17. The molecule has 1 aromatic heterocycles. The number of aromatic nitrogens is 2. The maximum atomic E-state index is 13.2. The summed E-state index contributed by atoms with van der Waals surface area (Å²) in [7, 11) is 0. The predicted molar refractivity (Wildman–Crippen MR) is 53.5 cm³/mol. The lowest BCUT2D eigenvalue weighted by Crippen LogP contribution is -1.96. The Hall–Kier alpha value is -1.56. The molecule has 15 heavy (non-hydrogen) atoms. The molecule has 0 radical (unpaired) electrons. The van der Waals surface area contributed by atoms with Gasteiger partial charge in [0.05, 0.1) is 0 Å². The molecule has 0 atom stereocenters. The van der Waals surface area contributed by atoms with Crippen LogP contribution in [0.1, 0.15) is 10.6 Å². The van der Waals surface area contributed by atoms with Gasteiger partial charge < -0.3 is 5.73 Å². The number of nitrogens with two attached hydrogens (primary N) is 1. The number of hydrogen-bond donors (Lipinski definition) is 1. The van der Waals surface area contributed by atoms with Gasteiger partial charge in [0.2, 0.25) is 5.13 Å². The van der Waals surface area contributed by atoms with E-state index in [4.69, 9.17) is 5.73 Å². The van der Waals surface area contributed by atoms with Gasteiger partial charge in [-0.2, -0.15) is 0 Å². The molecular weight excluding hydrogens is 220 g/mol. The minimum atomic E-state index is -0.580. The Morgan fingerprint density at radius 1 is 1.20 bits per heavy atom. The molecule has 0 bridgehead atoms. The number of benzene rings is 1. The second kappa shape index (κ2) is 3.90. The standard InChI is InChI=1S/C9H7F2N3S/c10-6-2-1-3-7(11)5(6)4-8-13-14-9(12)15-8/h1-3H,4H2,(H2,12,14). The van der Waals surface area contributed by atoms with Crippen molar-refractivity contribution in [2.75, 3.05) is 5.73 Å². The smallest absolute Gasteiger partial charge is 0.203 e. The average Bonchev–Trinajstić information content (AvgIpc) is 2.58. The van der Waals surface area contributed by atoms with E-state index in [-0.39, 0.29) is 12.0 Å². The van der Waals surface area contributed by atoms with Gasteiger partial charge in [0.15, 0.2) is 0 Å². The van der Waals surface area contributed by atoms with E-state index in [0.717, 1.165) is 11.3 Å². The first kappa shape index (κ1) is 9.97. The Morgan fingerprint density at radius 2 is 1.87 bits per heavy atom. The third-order valence-electron chi connectivity index (χ3n) is 1.87. The largest absolute Gasteiger partial charge is 0.374 e. The Bertz CT molecular complexity index is 464.